The number of nitrogens with zero attached hydrogens (tertiary/aromatic N) is 1. The molecule has 15 heavy (non-hydrogen) atoms. The van der Waals surface area contributed by atoms with Crippen LogP contribution in [0.5, 0.6) is 0 Å². The maximum atomic E-state index is 11.2. The Morgan fingerprint density at radius 2 is 2.13 bits per heavy atom. The number of para-hydroxylation sites is 1. The van der Waals surface area contributed by atoms with E-state index in [2.05, 4.69) is 40.7 Å². The van der Waals surface area contributed by atoms with Crippen LogP contribution in [-0.4, -0.2) is 16.1 Å². The highest BCUT2D eigenvalue weighted by Gasteiger charge is 2.43. The molecular formula is C11H12BrNOS. The number of thioether (sulfide) groups is 1. The number of hydrogen-bond donors (Lipinski definition) is 0. The number of anilines is 1. The zero-order valence-corrected chi connectivity index (χ0v) is 11.0. The van der Waals surface area contributed by atoms with Gasteiger partial charge >= 0.3 is 0 Å². The van der Waals surface area contributed by atoms with E-state index in [1.165, 1.54) is 0 Å². The van der Waals surface area contributed by atoms with Gasteiger partial charge < -0.3 is 4.90 Å². The van der Waals surface area contributed by atoms with Crippen molar-refractivity contribution in [1.29, 1.82) is 0 Å². The predicted octanol–water partition coefficient (Wildman–Crippen LogP) is 3.25. The van der Waals surface area contributed by atoms with Crippen molar-refractivity contribution in [2.75, 3.05) is 4.90 Å². The summed E-state index contributed by atoms with van der Waals surface area (Å²) in [5, 5.41) is 0. The number of fused-ring (bicyclic) bond motifs is 1. The highest BCUT2D eigenvalue weighted by atomic mass is 79.9. The molecule has 0 bridgehead atoms. The van der Waals surface area contributed by atoms with Gasteiger partial charge in [0.2, 0.25) is 3.78 Å². The molecule has 2 nitrogen and oxygen atoms in total. The van der Waals surface area contributed by atoms with Crippen LogP contribution in [0.25, 0.3) is 0 Å². The minimum Gasteiger partial charge on any atom is -0.338 e. The molecule has 1 atom stereocenters. The number of aldehydes is 1. The lowest BCUT2D eigenvalue weighted by Gasteiger charge is -2.33. The molecule has 0 aliphatic carbocycles. The van der Waals surface area contributed by atoms with E-state index in [9.17, 15) is 4.79 Å². The number of halogens is 1. The van der Waals surface area contributed by atoms with Crippen molar-refractivity contribution in [1.82, 2.24) is 0 Å². The van der Waals surface area contributed by atoms with E-state index < -0.39 is 3.78 Å². The van der Waals surface area contributed by atoms with Gasteiger partial charge in [-0.15, -0.1) is 0 Å². The molecule has 1 heterocycles. The van der Waals surface area contributed by atoms with Crippen LogP contribution in [0, 0.1) is 0 Å². The summed E-state index contributed by atoms with van der Waals surface area (Å²) in [5.74, 6) is 0. The molecule has 0 amide bonds. The average Bonchev–Trinajstić information content (AvgIpc) is 2.50. The molecular weight excluding hydrogens is 274 g/mol. The highest BCUT2D eigenvalue weighted by Crippen LogP contribution is 2.53. The maximum Gasteiger partial charge on any atom is 0.203 e. The summed E-state index contributed by atoms with van der Waals surface area (Å²) in [5.41, 5.74) is 1.13. The van der Waals surface area contributed by atoms with E-state index in [1.54, 1.807) is 11.8 Å². The van der Waals surface area contributed by atoms with Crippen molar-refractivity contribution in [3.8, 4) is 0 Å². The highest BCUT2D eigenvalue weighted by molar-refractivity contribution is 9.12. The third-order valence-electron chi connectivity index (χ3n) is 2.37. The Morgan fingerprint density at radius 1 is 1.47 bits per heavy atom. The first-order valence-electron chi connectivity index (χ1n) is 4.81. The Morgan fingerprint density at radius 3 is 2.73 bits per heavy atom. The second kappa shape index (κ2) is 3.83. The summed E-state index contributed by atoms with van der Waals surface area (Å²) in [6.07, 6.45) is 0.956. The summed E-state index contributed by atoms with van der Waals surface area (Å²) >= 11 is 5.06. The van der Waals surface area contributed by atoms with Crippen molar-refractivity contribution in [3.05, 3.63) is 24.3 Å². The second-order valence-electron chi connectivity index (χ2n) is 3.76. The van der Waals surface area contributed by atoms with E-state index in [0.29, 0.717) is 0 Å². The standard InChI is InChI=1S/C11H12BrNOS/c1-8(2)13-9-5-3-4-6-10(9)15-11(13,12)7-14/h3-8H,1-2H3. The van der Waals surface area contributed by atoms with Gasteiger partial charge in [-0.3, -0.25) is 4.79 Å². The first-order valence-corrected chi connectivity index (χ1v) is 6.42. The van der Waals surface area contributed by atoms with Gasteiger partial charge in [-0.2, -0.15) is 0 Å². The lowest BCUT2D eigenvalue weighted by Crippen LogP contribution is -2.43. The number of carbonyl (C=O) groups is 1. The molecule has 1 aliphatic rings. The van der Waals surface area contributed by atoms with Crippen LogP contribution < -0.4 is 4.90 Å². The third kappa shape index (κ3) is 1.70. The molecule has 0 aromatic heterocycles. The van der Waals surface area contributed by atoms with Crippen molar-refractivity contribution in [2.24, 2.45) is 0 Å². The van der Waals surface area contributed by atoms with Crippen LogP contribution in [0.3, 0.4) is 0 Å². The van der Waals surface area contributed by atoms with Gasteiger partial charge in [0.1, 0.15) is 0 Å². The van der Waals surface area contributed by atoms with Gasteiger partial charge in [-0.05, 0) is 41.9 Å². The van der Waals surface area contributed by atoms with Gasteiger partial charge in [0.05, 0.1) is 5.69 Å². The first kappa shape index (κ1) is 11.0. The zero-order chi connectivity index (χ0) is 11.1. The Bertz CT molecular complexity index is 396. The van der Waals surface area contributed by atoms with Crippen LogP contribution in [0.1, 0.15) is 13.8 Å². The number of carbonyl (C=O) groups excluding carboxylic acids is 1. The van der Waals surface area contributed by atoms with Gasteiger partial charge in [0.25, 0.3) is 0 Å². The monoisotopic (exact) mass is 285 g/mol. The Hall–Kier alpha value is -0.480. The summed E-state index contributed by atoms with van der Waals surface area (Å²) in [6.45, 7) is 4.17. The molecule has 80 valence electrons. The van der Waals surface area contributed by atoms with E-state index in [0.717, 1.165) is 16.9 Å². The summed E-state index contributed by atoms with van der Waals surface area (Å²) in [4.78, 5) is 14.4. The second-order valence-corrected chi connectivity index (χ2v) is 6.76. The molecule has 0 radical (unpaired) electrons. The molecule has 0 N–H and O–H groups in total. The van der Waals surface area contributed by atoms with E-state index in [-0.39, 0.29) is 6.04 Å². The third-order valence-corrected chi connectivity index (χ3v) is 4.57. The summed E-state index contributed by atoms with van der Waals surface area (Å²) in [6, 6.07) is 8.37. The van der Waals surface area contributed by atoms with Gasteiger partial charge in [-0.1, -0.05) is 23.9 Å². The lowest BCUT2D eigenvalue weighted by molar-refractivity contribution is -0.108. The molecule has 4 heteroatoms. The molecule has 0 saturated heterocycles. The fourth-order valence-corrected chi connectivity index (χ4v) is 4.13. The summed E-state index contributed by atoms with van der Waals surface area (Å²) in [7, 11) is 0. The van der Waals surface area contributed by atoms with Crippen LogP contribution in [-0.2, 0) is 4.79 Å². The number of alkyl halides is 1. The van der Waals surface area contributed by atoms with E-state index in [1.807, 2.05) is 18.2 Å². The van der Waals surface area contributed by atoms with Crippen LogP contribution in [0.15, 0.2) is 29.2 Å². The Kier molecular flexibility index (Phi) is 2.81. The first-order chi connectivity index (χ1) is 7.08. The van der Waals surface area contributed by atoms with Crippen LogP contribution in [0.4, 0.5) is 5.69 Å². The number of benzene rings is 1. The van der Waals surface area contributed by atoms with E-state index >= 15 is 0 Å². The van der Waals surface area contributed by atoms with Crippen LogP contribution in [0.2, 0.25) is 0 Å². The smallest absolute Gasteiger partial charge is 0.203 e. The predicted molar refractivity (Wildman–Crippen MR) is 67.6 cm³/mol. The number of rotatable bonds is 2. The summed E-state index contributed by atoms with van der Waals surface area (Å²) < 4.78 is -0.634. The zero-order valence-electron chi connectivity index (χ0n) is 8.61. The van der Waals surface area contributed by atoms with Gasteiger partial charge in [-0.25, -0.2) is 0 Å². The van der Waals surface area contributed by atoms with Crippen molar-refractivity contribution in [3.63, 3.8) is 0 Å². The van der Waals surface area contributed by atoms with Crippen molar-refractivity contribution < 1.29 is 4.79 Å². The normalized spacial score (nSPS) is 24.4. The Balaban J connectivity index is 2.51. The molecule has 0 spiro atoms. The number of hydrogen-bond acceptors (Lipinski definition) is 3. The molecule has 1 aliphatic heterocycles. The average molecular weight is 286 g/mol. The van der Waals surface area contributed by atoms with Crippen molar-refractivity contribution >= 4 is 39.7 Å². The van der Waals surface area contributed by atoms with E-state index in [4.69, 9.17) is 0 Å². The molecule has 0 fully saturated rings. The van der Waals surface area contributed by atoms with Gasteiger partial charge in [0, 0.05) is 10.9 Å². The SMILES string of the molecule is CC(C)N1c2ccccc2SC1(Br)C=O. The molecule has 1 aromatic rings. The molecule has 2 rings (SSSR count). The fourth-order valence-electron chi connectivity index (χ4n) is 1.82. The van der Waals surface area contributed by atoms with Crippen LogP contribution >= 0.6 is 27.7 Å². The fraction of sp³-hybridized carbons (Fsp3) is 0.364. The Labute approximate surface area is 102 Å². The molecule has 0 saturated carbocycles. The largest absolute Gasteiger partial charge is 0.338 e. The van der Waals surface area contributed by atoms with Crippen molar-refractivity contribution in [2.45, 2.75) is 28.6 Å². The van der Waals surface area contributed by atoms with Gasteiger partial charge in [0.15, 0.2) is 6.29 Å². The minimum atomic E-state index is -0.634. The quantitative estimate of drug-likeness (QED) is 0.473. The topological polar surface area (TPSA) is 20.3 Å². The molecule has 1 aromatic carbocycles. The molecule has 1 unspecified atom stereocenters. The lowest BCUT2D eigenvalue weighted by atomic mass is 10.2. The minimum absolute atomic E-state index is 0.283. The maximum absolute atomic E-state index is 11.2.